The molecule has 0 saturated heterocycles. The van der Waals surface area contributed by atoms with E-state index >= 15 is 0 Å². The Morgan fingerprint density at radius 2 is 1.31 bits per heavy atom. The number of aromatic nitrogens is 4. The second-order valence-electron chi connectivity index (χ2n) is 14.1. The van der Waals surface area contributed by atoms with Crippen molar-refractivity contribution in [3.05, 3.63) is 25.1 Å². The van der Waals surface area contributed by atoms with E-state index in [0.717, 1.165) is 70.6 Å². The van der Waals surface area contributed by atoms with Crippen LogP contribution in [0.3, 0.4) is 0 Å². The van der Waals surface area contributed by atoms with Gasteiger partial charge in [0.1, 0.15) is 23.8 Å². The first kappa shape index (κ1) is 44.1. The molecule has 2 rings (SSSR count). The number of esters is 2. The number of nitrogens with zero attached hydrogens (tertiary/aromatic N) is 4. The summed E-state index contributed by atoms with van der Waals surface area (Å²) in [7, 11) is -3.81. The van der Waals surface area contributed by atoms with Crippen LogP contribution in [0.5, 0.6) is 0 Å². The molecule has 0 spiro atoms. The number of carbonyl (C=O) groups excluding carboxylic acids is 2. The Morgan fingerprint density at radius 1 is 0.804 bits per heavy atom. The molecule has 1 atom stereocenters. The molecule has 0 amide bonds. The first-order valence-corrected chi connectivity index (χ1v) is 20.5. The van der Waals surface area contributed by atoms with Gasteiger partial charge in [-0.25, -0.2) is 25.1 Å². The van der Waals surface area contributed by atoms with Crippen molar-refractivity contribution in [2.45, 2.75) is 150 Å². The van der Waals surface area contributed by atoms with E-state index in [9.17, 15) is 14.2 Å². The lowest BCUT2D eigenvalue weighted by molar-refractivity contribution is -0.149. The molecule has 0 unspecified atom stereocenters. The fourth-order valence-corrected chi connectivity index (χ4v) is 7.86. The van der Waals surface area contributed by atoms with Crippen LogP contribution >= 0.6 is 7.44 Å². The van der Waals surface area contributed by atoms with Gasteiger partial charge in [0.15, 0.2) is 22.9 Å². The van der Waals surface area contributed by atoms with E-state index in [0.29, 0.717) is 36.0 Å². The van der Waals surface area contributed by atoms with Crippen molar-refractivity contribution in [2.24, 2.45) is 0 Å². The first-order chi connectivity index (χ1) is 24.2. The van der Waals surface area contributed by atoms with Crippen molar-refractivity contribution < 1.29 is 33.1 Å². The largest absolute Gasteiger partial charge is 0.479 e. The normalized spacial score (nSPS) is 12.9. The Balaban J connectivity index is 2.17. The summed E-state index contributed by atoms with van der Waals surface area (Å²) in [4.78, 5) is 39.5. The summed E-state index contributed by atoms with van der Waals surface area (Å²) < 4.78 is 39.4. The number of ether oxygens (including phenoxy) is 4. The second-order valence-corrected chi connectivity index (χ2v) is 16.3. The van der Waals surface area contributed by atoms with E-state index in [2.05, 4.69) is 57.8 Å². The van der Waals surface area contributed by atoms with Gasteiger partial charge in [0, 0.05) is 0 Å². The number of imidazole rings is 1. The number of carbonyl (C=O) groups is 2. The highest BCUT2D eigenvalue weighted by Gasteiger charge is 2.43. The first-order valence-electron chi connectivity index (χ1n) is 18.6. The molecule has 51 heavy (non-hydrogen) atoms. The zero-order chi connectivity index (χ0) is 37.9. The molecule has 15 heteroatoms. The number of nitrogens with one attached hydrogen (secondary N) is 3. The Labute approximate surface area is 305 Å². The van der Waals surface area contributed by atoms with Crippen molar-refractivity contribution in [3.63, 3.8) is 0 Å². The van der Waals surface area contributed by atoms with Gasteiger partial charge in [0.05, 0.1) is 38.8 Å². The van der Waals surface area contributed by atoms with Gasteiger partial charge >= 0.3 is 11.9 Å². The molecular weight excluding hydrogens is 673 g/mol. The van der Waals surface area contributed by atoms with Gasteiger partial charge in [0.2, 0.25) is 7.44 Å². The van der Waals surface area contributed by atoms with Gasteiger partial charge in [-0.15, -0.1) is 0 Å². The topological polar surface area (TPSA) is 168 Å². The smallest absolute Gasteiger partial charge is 0.326 e. The monoisotopic (exact) mass is 737 g/mol. The molecule has 2 aromatic rings. The van der Waals surface area contributed by atoms with Gasteiger partial charge in [-0.2, -0.15) is 0 Å². The van der Waals surface area contributed by atoms with Gasteiger partial charge < -0.3 is 28.8 Å². The van der Waals surface area contributed by atoms with Gasteiger partial charge in [-0.3, -0.25) is 14.2 Å². The number of rotatable bonds is 28. The van der Waals surface area contributed by atoms with Crippen LogP contribution in [0.15, 0.2) is 25.1 Å². The third-order valence-corrected chi connectivity index (χ3v) is 10.4. The zero-order valence-electron chi connectivity index (χ0n) is 32.3. The average molecular weight is 738 g/mol. The number of anilines is 1. The molecule has 2 heterocycles. The predicted octanol–water partition coefficient (Wildman–Crippen LogP) is 7.46. The molecular formula is C36H64N7O7P. The maximum Gasteiger partial charge on any atom is 0.326 e. The molecule has 3 N–H and O–H groups in total. The van der Waals surface area contributed by atoms with E-state index < -0.39 is 36.6 Å². The highest BCUT2D eigenvalue weighted by Crippen LogP contribution is 2.42. The highest BCUT2D eigenvalue weighted by molar-refractivity contribution is 7.59. The molecule has 0 aliphatic carbocycles. The molecule has 2 aromatic heterocycles. The molecule has 14 nitrogen and oxygen atoms in total. The van der Waals surface area contributed by atoms with Crippen molar-refractivity contribution in [3.8, 4) is 0 Å². The van der Waals surface area contributed by atoms with Crippen molar-refractivity contribution >= 4 is 36.4 Å². The Morgan fingerprint density at radius 3 is 1.86 bits per heavy atom. The lowest BCUT2D eigenvalue weighted by atomic mass is 10.1. The van der Waals surface area contributed by atoms with Crippen molar-refractivity contribution in [1.29, 1.82) is 0 Å². The molecule has 0 aliphatic heterocycles. The Bertz CT molecular complexity index is 1370. The van der Waals surface area contributed by atoms with Crippen molar-refractivity contribution in [1.82, 2.24) is 29.7 Å². The molecule has 0 aliphatic rings. The molecule has 0 saturated carbocycles. The quantitative estimate of drug-likeness (QED) is 0.0341. The van der Waals surface area contributed by atoms with E-state index in [4.69, 9.17) is 18.9 Å². The van der Waals surface area contributed by atoms with Crippen LogP contribution in [-0.4, -0.2) is 74.8 Å². The van der Waals surface area contributed by atoms with Crippen LogP contribution in [0.25, 0.3) is 11.2 Å². The van der Waals surface area contributed by atoms with Crippen LogP contribution in [0.4, 0.5) is 5.82 Å². The number of fused-ring (bicyclic) bond motifs is 1. The lowest BCUT2D eigenvalue weighted by Gasteiger charge is -2.35. The molecule has 0 radical (unpaired) electrons. The standard InChI is InChI=1S/C36H64N7O7P/c1-10-13-16-19-22-48-33(44)35(6,7)41-51(46,42-36(8,9)34(45)49-23-20-17-14-11-2)27-50-28(4)24-43-26-39-30-31(37-25-38-32(30)43)40-29(5)47-21-18-15-12-3/h25-26,28H,5,10-24,27H2,1-4,6-9H3,(H,37,38,40)(H2,41,42,46)/t28-/m1/s1. The summed E-state index contributed by atoms with van der Waals surface area (Å²) in [6.07, 6.45) is 13.0. The minimum Gasteiger partial charge on any atom is -0.479 e. The summed E-state index contributed by atoms with van der Waals surface area (Å²) in [5, 5.41) is 9.03. The average Bonchev–Trinajstić information content (AvgIpc) is 3.48. The number of hydrogen-bond acceptors (Lipinski definition) is 11. The summed E-state index contributed by atoms with van der Waals surface area (Å²) >= 11 is 0. The van der Waals surface area contributed by atoms with E-state index in [1.165, 1.54) is 6.33 Å². The maximum absolute atomic E-state index is 14.6. The van der Waals surface area contributed by atoms with E-state index in [1.807, 2.05) is 11.5 Å². The van der Waals surface area contributed by atoms with Gasteiger partial charge in [0.25, 0.3) is 0 Å². The lowest BCUT2D eigenvalue weighted by Crippen LogP contribution is -2.54. The summed E-state index contributed by atoms with van der Waals surface area (Å²) in [5.41, 5.74) is -1.62. The molecule has 0 bridgehead atoms. The van der Waals surface area contributed by atoms with Gasteiger partial charge in [-0.1, -0.05) is 72.1 Å². The fourth-order valence-electron chi connectivity index (χ4n) is 5.22. The zero-order valence-corrected chi connectivity index (χ0v) is 33.2. The van der Waals surface area contributed by atoms with Crippen LogP contribution in [0.2, 0.25) is 0 Å². The summed E-state index contributed by atoms with van der Waals surface area (Å²) in [5.74, 6) is -0.258. The minimum absolute atomic E-state index is 0.269. The number of hydrogen-bond donors (Lipinski definition) is 3. The fraction of sp³-hybridized carbons (Fsp3) is 0.750. The third kappa shape index (κ3) is 15.6. The Kier molecular flexibility index (Phi) is 19.1. The van der Waals surface area contributed by atoms with E-state index in [-0.39, 0.29) is 19.6 Å². The Hall–Kier alpha value is -3.06. The van der Waals surface area contributed by atoms with Crippen LogP contribution in [0.1, 0.15) is 126 Å². The highest BCUT2D eigenvalue weighted by atomic mass is 31.2. The van der Waals surface area contributed by atoms with E-state index in [1.54, 1.807) is 34.0 Å². The second kappa shape index (κ2) is 22.1. The summed E-state index contributed by atoms with van der Waals surface area (Å²) in [6, 6.07) is 0. The van der Waals surface area contributed by atoms with Crippen LogP contribution in [0, 0.1) is 0 Å². The number of unbranched alkanes of at least 4 members (excludes halogenated alkanes) is 8. The van der Waals surface area contributed by atoms with Crippen molar-refractivity contribution in [2.75, 3.05) is 31.5 Å². The van der Waals surface area contributed by atoms with Crippen LogP contribution in [-0.2, 0) is 39.6 Å². The predicted molar refractivity (Wildman–Crippen MR) is 201 cm³/mol. The molecule has 0 fully saturated rings. The molecule has 0 aromatic carbocycles. The SMILES string of the molecule is C=C(Nc1ncnc2c1ncn2C[C@@H](C)OCP(=O)(NC(C)(C)C(=O)OCCCCCC)NC(C)(C)C(=O)OCCCCCC)OCCCCC. The van der Waals surface area contributed by atoms with Gasteiger partial charge in [-0.05, 0) is 60.5 Å². The maximum atomic E-state index is 14.6. The molecule has 290 valence electrons. The summed E-state index contributed by atoms with van der Waals surface area (Å²) in [6.45, 7) is 19.9. The van der Waals surface area contributed by atoms with Crippen LogP contribution < -0.4 is 15.5 Å². The third-order valence-electron chi connectivity index (χ3n) is 8.08. The minimum atomic E-state index is -3.81.